The van der Waals surface area contributed by atoms with Crippen LogP contribution >= 0.6 is 11.5 Å². The lowest BCUT2D eigenvalue weighted by molar-refractivity contribution is -0.189. The van der Waals surface area contributed by atoms with Gasteiger partial charge in [-0.2, -0.15) is 5.26 Å². The van der Waals surface area contributed by atoms with Crippen LogP contribution in [-0.4, -0.2) is 62.2 Å². The molecule has 2 aromatic rings. The number of carbonyl (C=O) groups is 2. The Bertz CT molecular complexity index is 793. The van der Waals surface area contributed by atoms with Gasteiger partial charge in [0.2, 0.25) is 5.91 Å². The number of carbonyl (C=O) groups excluding carboxylic acids is 2. The summed E-state index contributed by atoms with van der Waals surface area (Å²) in [6.45, 7) is 1.14. The molecule has 9 nitrogen and oxygen atoms in total. The molecule has 10 heteroatoms. The highest BCUT2D eigenvalue weighted by Gasteiger charge is 2.25. The summed E-state index contributed by atoms with van der Waals surface area (Å²) in [5, 5.41) is 8.84. The first kappa shape index (κ1) is 15.4. The van der Waals surface area contributed by atoms with E-state index in [4.69, 9.17) is 5.26 Å². The Morgan fingerprint density at radius 1 is 1.26 bits per heavy atom. The number of amides is 2. The predicted molar refractivity (Wildman–Crippen MR) is 81.1 cm³/mol. The number of piperazine rings is 1. The summed E-state index contributed by atoms with van der Waals surface area (Å²) in [6.07, 6.45) is 0.771. The van der Waals surface area contributed by atoms with Crippen molar-refractivity contribution in [3.63, 3.8) is 0 Å². The molecule has 1 fully saturated rings. The van der Waals surface area contributed by atoms with Gasteiger partial charge < -0.3 is 9.80 Å². The van der Waals surface area contributed by atoms with Gasteiger partial charge in [-0.25, -0.2) is 9.78 Å². The van der Waals surface area contributed by atoms with Crippen molar-refractivity contribution in [3.8, 4) is 0 Å². The summed E-state index contributed by atoms with van der Waals surface area (Å²) in [7, 11) is 0. The molecule has 0 radical (unpaired) electrons. The van der Waals surface area contributed by atoms with E-state index in [1.807, 2.05) is 0 Å². The Balaban J connectivity index is 1.66. The molecule has 1 aliphatic heterocycles. The van der Waals surface area contributed by atoms with E-state index < -0.39 is 6.09 Å². The van der Waals surface area contributed by atoms with Crippen molar-refractivity contribution < 1.29 is 19.7 Å². The first-order chi connectivity index (χ1) is 11.1. The van der Waals surface area contributed by atoms with Crippen molar-refractivity contribution in [2.45, 2.75) is 6.54 Å². The highest BCUT2D eigenvalue weighted by Crippen LogP contribution is 2.13. The van der Waals surface area contributed by atoms with Crippen LogP contribution < -0.4 is 5.56 Å². The maximum absolute atomic E-state index is 12.3. The Kier molecular flexibility index (Phi) is 4.26. The molecule has 0 aromatic carbocycles. The van der Waals surface area contributed by atoms with Gasteiger partial charge in [-0.1, -0.05) is 0 Å². The van der Waals surface area contributed by atoms with E-state index >= 15 is 0 Å². The monoisotopic (exact) mass is 338 g/mol. The number of pyridine rings is 1. The van der Waals surface area contributed by atoms with E-state index in [1.165, 1.54) is 8.86 Å². The summed E-state index contributed by atoms with van der Waals surface area (Å²) in [5.41, 5.74) is -0.228. The number of rotatable bonds is 2. The van der Waals surface area contributed by atoms with Crippen LogP contribution in [0.3, 0.4) is 0 Å². The lowest BCUT2D eigenvalue weighted by Gasteiger charge is -2.33. The molecule has 0 atom stereocenters. The van der Waals surface area contributed by atoms with E-state index in [2.05, 4.69) is 9.87 Å². The maximum atomic E-state index is 12.3. The van der Waals surface area contributed by atoms with Gasteiger partial charge in [-0.3, -0.25) is 18.4 Å². The normalized spacial score (nSPS) is 15.0. The summed E-state index contributed by atoms with van der Waals surface area (Å²) < 4.78 is 1.38. The molecule has 2 aromatic heterocycles. The van der Waals surface area contributed by atoms with Gasteiger partial charge in [0, 0.05) is 32.4 Å². The van der Waals surface area contributed by atoms with Gasteiger partial charge in [0.15, 0.2) is 0 Å². The minimum Gasteiger partial charge on any atom is -0.338 e. The third-order valence-corrected chi connectivity index (χ3v) is 4.69. The maximum Gasteiger partial charge on any atom is 0.441 e. The fourth-order valence-electron chi connectivity index (χ4n) is 2.43. The molecule has 2 amide bonds. The highest BCUT2D eigenvalue weighted by atomic mass is 32.1. The second kappa shape index (κ2) is 6.34. The Labute approximate surface area is 134 Å². The average Bonchev–Trinajstić information content (AvgIpc) is 2.90. The molecule has 0 saturated carbocycles. The molecular weight excluding hydrogens is 324 g/mol. The fraction of sp³-hybridized carbons (Fsp3) is 0.385. The zero-order chi connectivity index (χ0) is 16.4. The third-order valence-electron chi connectivity index (χ3n) is 3.67. The summed E-state index contributed by atoms with van der Waals surface area (Å²) >= 11 is 1.15. The van der Waals surface area contributed by atoms with Gasteiger partial charge in [0.1, 0.15) is 11.4 Å². The second-order valence-electron chi connectivity index (χ2n) is 5.01. The molecule has 1 saturated heterocycles. The van der Waals surface area contributed by atoms with Gasteiger partial charge in [-0.05, 0) is 23.7 Å². The molecule has 3 heterocycles. The Morgan fingerprint density at radius 2 is 1.96 bits per heavy atom. The van der Waals surface area contributed by atoms with Crippen LogP contribution in [0.4, 0.5) is 4.79 Å². The largest absolute Gasteiger partial charge is 0.441 e. The van der Waals surface area contributed by atoms with E-state index in [1.54, 1.807) is 23.2 Å². The van der Waals surface area contributed by atoms with Gasteiger partial charge >= 0.3 is 6.09 Å². The average molecular weight is 338 g/mol. The van der Waals surface area contributed by atoms with Crippen LogP contribution in [0, 0.1) is 0 Å². The molecular formula is C13H14N4O5S. The van der Waals surface area contributed by atoms with Crippen molar-refractivity contribution in [2.75, 3.05) is 26.2 Å². The van der Waals surface area contributed by atoms with Gasteiger partial charge in [0.25, 0.3) is 5.56 Å². The molecule has 3 rings (SSSR count). The van der Waals surface area contributed by atoms with Crippen LogP contribution in [-0.2, 0) is 16.2 Å². The molecule has 0 aliphatic carbocycles. The van der Waals surface area contributed by atoms with Crippen molar-refractivity contribution in [1.82, 2.24) is 18.7 Å². The minimum absolute atomic E-state index is 0.0513. The summed E-state index contributed by atoms with van der Waals surface area (Å²) in [6, 6.07) is 3.36. The third kappa shape index (κ3) is 3.03. The van der Waals surface area contributed by atoms with E-state index in [0.717, 1.165) is 11.5 Å². The van der Waals surface area contributed by atoms with Crippen LogP contribution in [0.2, 0.25) is 0 Å². The van der Waals surface area contributed by atoms with Crippen molar-refractivity contribution >= 4 is 33.7 Å². The highest BCUT2D eigenvalue weighted by molar-refractivity contribution is 7.13. The molecule has 0 unspecified atom stereocenters. The van der Waals surface area contributed by atoms with Crippen LogP contribution in [0.1, 0.15) is 0 Å². The van der Waals surface area contributed by atoms with Crippen LogP contribution in [0.25, 0.3) is 10.2 Å². The van der Waals surface area contributed by atoms with E-state index in [0.29, 0.717) is 23.3 Å². The fourth-order valence-corrected chi connectivity index (χ4v) is 3.36. The first-order valence-corrected chi connectivity index (χ1v) is 7.70. The molecule has 0 bridgehead atoms. The van der Waals surface area contributed by atoms with Crippen LogP contribution in [0.5, 0.6) is 0 Å². The molecule has 23 heavy (non-hydrogen) atoms. The lowest BCUT2D eigenvalue weighted by Crippen LogP contribution is -2.51. The quantitative estimate of drug-likeness (QED) is 0.620. The number of nitrogens with zero attached hydrogens (tertiary/aromatic N) is 4. The number of hydrogen-bond acceptors (Lipinski definition) is 7. The topological polar surface area (TPSA) is 105 Å². The molecule has 1 aliphatic rings. The number of aromatic nitrogens is 2. The van der Waals surface area contributed by atoms with Crippen LogP contribution in [0.15, 0.2) is 23.1 Å². The molecule has 1 N–H and O–H groups in total. The lowest BCUT2D eigenvalue weighted by atomic mass is 10.3. The zero-order valence-electron chi connectivity index (χ0n) is 12.0. The number of hydrogen-bond donors (Lipinski definition) is 1. The summed E-state index contributed by atoms with van der Waals surface area (Å²) in [4.78, 5) is 46.9. The van der Waals surface area contributed by atoms with Crippen molar-refractivity contribution in [3.05, 3.63) is 28.7 Å². The molecule has 0 spiro atoms. The standard InChI is InChI=1S/C13H14N4O5S/c18-10(15-4-6-16(7-5-15)13(20)22-21)8-17-12(19)9-2-1-3-14-11(9)23-17/h1-3,21H,4-8H2. The second-order valence-corrected chi connectivity index (χ2v) is 6.02. The van der Waals surface area contributed by atoms with E-state index in [9.17, 15) is 14.4 Å². The van der Waals surface area contributed by atoms with Crippen molar-refractivity contribution in [1.29, 1.82) is 0 Å². The Morgan fingerprint density at radius 3 is 2.61 bits per heavy atom. The SMILES string of the molecule is O=C(Cn1sc2ncccc2c1=O)N1CCN(C(=O)OO)CC1. The summed E-state index contributed by atoms with van der Waals surface area (Å²) in [5.74, 6) is -0.198. The number of fused-ring (bicyclic) bond motifs is 1. The van der Waals surface area contributed by atoms with Crippen molar-refractivity contribution in [2.24, 2.45) is 0 Å². The first-order valence-electron chi connectivity index (χ1n) is 6.93. The van der Waals surface area contributed by atoms with Gasteiger partial charge in [0.05, 0.1) is 5.39 Å². The van der Waals surface area contributed by atoms with Gasteiger partial charge in [-0.15, -0.1) is 0 Å². The zero-order valence-corrected chi connectivity index (χ0v) is 12.9. The smallest absolute Gasteiger partial charge is 0.338 e. The Hall–Kier alpha value is -2.46. The minimum atomic E-state index is -0.830. The molecule has 122 valence electrons. The van der Waals surface area contributed by atoms with E-state index in [-0.39, 0.29) is 31.1 Å². The predicted octanol–water partition coefficient (Wildman–Crippen LogP) is 0.212.